The van der Waals surface area contributed by atoms with E-state index < -0.39 is 6.10 Å². The van der Waals surface area contributed by atoms with E-state index in [0.29, 0.717) is 19.3 Å². The molecule has 1 unspecified atom stereocenters. The highest BCUT2D eigenvalue weighted by molar-refractivity contribution is 5.71. The Morgan fingerprint density at radius 2 is 0.481 bits per heavy atom. The van der Waals surface area contributed by atoms with Gasteiger partial charge in [-0.1, -0.05) is 365 Å². The lowest BCUT2D eigenvalue weighted by Crippen LogP contribution is -2.30. The smallest absolute Gasteiger partial charge is 0.306 e. The molecule has 0 heterocycles. The van der Waals surface area contributed by atoms with Crippen LogP contribution in [0.25, 0.3) is 0 Å². The summed E-state index contributed by atoms with van der Waals surface area (Å²) in [5.74, 6) is -0.831. The van der Waals surface area contributed by atoms with Crippen LogP contribution in [0.2, 0.25) is 0 Å². The second-order valence-corrected chi connectivity index (χ2v) is 24.5. The van der Waals surface area contributed by atoms with Crippen molar-refractivity contribution in [1.29, 1.82) is 0 Å². The van der Waals surface area contributed by atoms with Gasteiger partial charge in [-0.2, -0.15) is 0 Å². The lowest BCUT2D eigenvalue weighted by atomic mass is 10.0. The number of ether oxygens (including phenoxy) is 3. The Bertz CT molecular complexity index is 1400. The van der Waals surface area contributed by atoms with Crippen molar-refractivity contribution in [3.63, 3.8) is 0 Å². The highest BCUT2D eigenvalue weighted by Gasteiger charge is 2.19. The van der Waals surface area contributed by atoms with Crippen LogP contribution in [0, 0.1) is 0 Å². The molecule has 0 saturated heterocycles. The summed E-state index contributed by atoms with van der Waals surface area (Å²) < 4.78 is 17.0. The molecular weight excluding hydrogens is 997 g/mol. The van der Waals surface area contributed by atoms with Gasteiger partial charge in [0, 0.05) is 19.3 Å². The first-order valence-electron chi connectivity index (χ1n) is 36.1. The quantitative estimate of drug-likeness (QED) is 0.0261. The third-order valence-electron chi connectivity index (χ3n) is 16.3. The molecule has 0 spiro atoms. The maximum atomic E-state index is 12.9. The Kier molecular flexibility index (Phi) is 67.6. The molecule has 6 heteroatoms. The Hall–Kier alpha value is -2.63. The Morgan fingerprint density at radius 1 is 0.259 bits per heavy atom. The molecule has 0 fully saturated rings. The first kappa shape index (κ1) is 78.4. The van der Waals surface area contributed by atoms with Crippen LogP contribution in [0.1, 0.15) is 393 Å². The highest BCUT2D eigenvalue weighted by atomic mass is 16.6. The zero-order valence-corrected chi connectivity index (χ0v) is 54.6. The molecule has 0 saturated carbocycles. The van der Waals surface area contributed by atoms with Crippen LogP contribution in [0.15, 0.2) is 48.6 Å². The summed E-state index contributed by atoms with van der Waals surface area (Å²) in [7, 11) is 0. The van der Waals surface area contributed by atoms with Gasteiger partial charge in [0.15, 0.2) is 6.10 Å². The predicted molar refractivity (Wildman–Crippen MR) is 353 cm³/mol. The topological polar surface area (TPSA) is 78.9 Å². The minimum absolute atomic E-state index is 0.0645. The molecule has 0 aliphatic rings. The second-order valence-electron chi connectivity index (χ2n) is 24.5. The molecular formula is C75H138O6. The first-order chi connectivity index (χ1) is 40.0. The lowest BCUT2D eigenvalue weighted by Gasteiger charge is -2.18. The van der Waals surface area contributed by atoms with Crippen molar-refractivity contribution in [2.45, 2.75) is 399 Å². The van der Waals surface area contributed by atoms with Crippen LogP contribution in [0.5, 0.6) is 0 Å². The molecule has 6 nitrogen and oxygen atoms in total. The van der Waals surface area contributed by atoms with Gasteiger partial charge in [-0.25, -0.2) is 0 Å². The van der Waals surface area contributed by atoms with Gasteiger partial charge in [0.1, 0.15) is 13.2 Å². The molecule has 0 amide bonds. The molecule has 0 rings (SSSR count). The van der Waals surface area contributed by atoms with Crippen LogP contribution < -0.4 is 0 Å². The van der Waals surface area contributed by atoms with Crippen LogP contribution in [-0.4, -0.2) is 37.2 Å². The molecule has 0 aromatic heterocycles. The molecule has 0 aliphatic heterocycles. The minimum Gasteiger partial charge on any atom is -0.462 e. The lowest BCUT2D eigenvalue weighted by molar-refractivity contribution is -0.167. The maximum absolute atomic E-state index is 12.9. The fourth-order valence-electron chi connectivity index (χ4n) is 11.0. The van der Waals surface area contributed by atoms with Crippen molar-refractivity contribution in [2.24, 2.45) is 0 Å². The maximum Gasteiger partial charge on any atom is 0.306 e. The average molecular weight is 1140 g/mol. The van der Waals surface area contributed by atoms with Crippen molar-refractivity contribution < 1.29 is 28.6 Å². The minimum atomic E-state index is -0.768. The average Bonchev–Trinajstić information content (AvgIpc) is 3.47. The summed E-state index contributed by atoms with van der Waals surface area (Å²) in [5, 5.41) is 0. The fourth-order valence-corrected chi connectivity index (χ4v) is 11.0. The van der Waals surface area contributed by atoms with Crippen LogP contribution >= 0.6 is 0 Å². The van der Waals surface area contributed by atoms with E-state index >= 15 is 0 Å². The van der Waals surface area contributed by atoms with Crippen molar-refractivity contribution in [2.75, 3.05) is 13.2 Å². The Morgan fingerprint density at radius 3 is 0.753 bits per heavy atom. The van der Waals surface area contributed by atoms with Crippen molar-refractivity contribution in [1.82, 2.24) is 0 Å². The summed E-state index contributed by atoms with van der Waals surface area (Å²) in [5.41, 5.74) is 0. The zero-order chi connectivity index (χ0) is 58.5. The Labute approximate surface area is 505 Å². The third-order valence-corrected chi connectivity index (χ3v) is 16.3. The van der Waals surface area contributed by atoms with Crippen LogP contribution in [0.3, 0.4) is 0 Å². The number of hydrogen-bond donors (Lipinski definition) is 0. The highest BCUT2D eigenvalue weighted by Crippen LogP contribution is 2.19. The molecule has 0 aromatic rings. The second kappa shape index (κ2) is 69.9. The monoisotopic (exact) mass is 1140 g/mol. The van der Waals surface area contributed by atoms with Crippen LogP contribution in [0.4, 0.5) is 0 Å². The van der Waals surface area contributed by atoms with E-state index in [0.717, 1.165) is 83.5 Å². The Balaban J connectivity index is 4.17. The fraction of sp³-hybridized carbons (Fsp3) is 0.853. The van der Waals surface area contributed by atoms with Crippen LogP contribution in [-0.2, 0) is 28.6 Å². The van der Waals surface area contributed by atoms with E-state index in [9.17, 15) is 14.4 Å². The van der Waals surface area contributed by atoms with Gasteiger partial charge in [-0.3, -0.25) is 14.4 Å². The van der Waals surface area contributed by atoms with E-state index in [1.807, 2.05) is 0 Å². The molecule has 1 atom stereocenters. The summed E-state index contributed by atoms with van der Waals surface area (Å²) in [6.45, 7) is 6.61. The van der Waals surface area contributed by atoms with Gasteiger partial charge < -0.3 is 14.2 Å². The molecule has 0 radical (unpaired) electrons. The normalized spacial score (nSPS) is 12.3. The summed E-state index contributed by atoms with van der Waals surface area (Å²) in [6.07, 6.45) is 88.6. The van der Waals surface area contributed by atoms with Gasteiger partial charge in [-0.05, 0) is 57.8 Å². The summed E-state index contributed by atoms with van der Waals surface area (Å²) >= 11 is 0. The first-order valence-corrected chi connectivity index (χ1v) is 36.1. The van der Waals surface area contributed by atoms with Gasteiger partial charge in [-0.15, -0.1) is 0 Å². The number of hydrogen-bond acceptors (Lipinski definition) is 6. The number of carbonyl (C=O) groups excluding carboxylic acids is 3. The number of rotatable bonds is 67. The number of unbranched alkanes of at least 4 members (excludes halogenated alkanes) is 48. The van der Waals surface area contributed by atoms with Crippen molar-refractivity contribution >= 4 is 17.9 Å². The number of esters is 3. The number of carbonyl (C=O) groups is 3. The van der Waals surface area contributed by atoms with E-state index in [2.05, 4.69) is 69.4 Å². The molecule has 474 valence electrons. The standard InChI is InChI=1S/C75H138O6/c1-4-7-10-13-16-19-22-25-28-30-31-32-33-34-35-36-37-38-39-40-41-42-43-45-47-50-53-56-59-62-65-68-74(77)80-71-72(70-79-73(76)67-64-61-58-55-52-49-46-27-24-21-18-15-12-9-6-3)81-75(78)69-66-63-60-57-54-51-48-44-29-26-23-20-17-14-11-8-5-2/h7,10,16,19,25,28,31-32,72H,4-6,8-9,11-15,17-18,20-24,26-27,29-30,33-71H2,1-3H3/b10-7-,19-16-,28-25-,32-31-. The van der Waals surface area contributed by atoms with E-state index in [4.69, 9.17) is 14.2 Å². The van der Waals surface area contributed by atoms with Crippen molar-refractivity contribution in [3.05, 3.63) is 48.6 Å². The SMILES string of the molecule is CC/C=C\C/C=C\C/C=C\C/C=C\CCCCCCCCCCCCCCCCCCCCC(=O)OCC(COC(=O)CCCCCCCCCCCCCCCCC)OC(=O)CCCCCCCCCCCCCCCCCCC. The third kappa shape index (κ3) is 68.0. The zero-order valence-electron chi connectivity index (χ0n) is 54.6. The van der Waals surface area contributed by atoms with Gasteiger partial charge in [0.25, 0.3) is 0 Å². The molecule has 0 aromatic carbocycles. The molecule has 0 aliphatic carbocycles. The predicted octanol–water partition coefficient (Wildman–Crippen LogP) is 24.9. The molecule has 0 N–H and O–H groups in total. The summed E-state index contributed by atoms with van der Waals surface area (Å²) in [6, 6.07) is 0. The van der Waals surface area contributed by atoms with E-state index in [1.54, 1.807) is 0 Å². The number of allylic oxidation sites excluding steroid dienone is 8. The van der Waals surface area contributed by atoms with Gasteiger partial charge in [0.2, 0.25) is 0 Å². The molecule has 81 heavy (non-hydrogen) atoms. The summed E-state index contributed by atoms with van der Waals surface area (Å²) in [4.78, 5) is 38.4. The van der Waals surface area contributed by atoms with Crippen molar-refractivity contribution in [3.8, 4) is 0 Å². The van der Waals surface area contributed by atoms with E-state index in [1.165, 1.54) is 270 Å². The van der Waals surface area contributed by atoms with Gasteiger partial charge in [0.05, 0.1) is 0 Å². The largest absolute Gasteiger partial charge is 0.462 e. The van der Waals surface area contributed by atoms with Gasteiger partial charge >= 0.3 is 17.9 Å². The van der Waals surface area contributed by atoms with E-state index in [-0.39, 0.29) is 31.1 Å². The molecule has 0 bridgehead atoms.